The number of hydrazone groups is 1. The van der Waals surface area contributed by atoms with Gasteiger partial charge in [-0.05, 0) is 59.7 Å². The molecule has 1 aliphatic rings. The Morgan fingerprint density at radius 3 is 2.14 bits per heavy atom. The second-order valence-electron chi connectivity index (χ2n) is 9.86. The van der Waals surface area contributed by atoms with Crippen LogP contribution in [0.15, 0.2) is 107 Å². The van der Waals surface area contributed by atoms with Crippen molar-refractivity contribution < 1.29 is 35.9 Å². The molecule has 4 aromatic rings. The number of nitrogens with zero attached hydrogens (tertiary/aromatic N) is 2. The van der Waals surface area contributed by atoms with Gasteiger partial charge in [0.2, 0.25) is 5.91 Å². The van der Waals surface area contributed by atoms with Gasteiger partial charge in [0.25, 0.3) is 0 Å². The van der Waals surface area contributed by atoms with Gasteiger partial charge >= 0.3 is 12.5 Å². The van der Waals surface area contributed by atoms with Gasteiger partial charge in [-0.25, -0.2) is 0 Å². The van der Waals surface area contributed by atoms with E-state index in [4.69, 9.17) is 16.7 Å². The van der Waals surface area contributed by atoms with Crippen LogP contribution in [-0.2, 0) is 16.4 Å². The maximum atomic E-state index is 13.5. The minimum Gasteiger partial charge on any atom is -0.406 e. The highest BCUT2D eigenvalue weighted by atomic mass is 79.9. The Morgan fingerprint density at radius 2 is 1.55 bits per heavy atom. The summed E-state index contributed by atoms with van der Waals surface area (Å²) in [6.07, 6.45) is -9.61. The number of carbonyl (C=O) groups is 1. The molecule has 1 amide bonds. The van der Waals surface area contributed by atoms with Gasteiger partial charge in [0.05, 0.1) is 28.3 Å². The summed E-state index contributed by atoms with van der Waals surface area (Å²) in [6.45, 7) is -0.212. The number of benzene rings is 4. The molecular formula is C31H21BrClF6N3O2. The maximum Gasteiger partial charge on any atom is 0.573 e. The molecule has 0 saturated heterocycles. The summed E-state index contributed by atoms with van der Waals surface area (Å²) in [5, 5.41) is 8.39. The second-order valence-corrected chi connectivity index (χ2v) is 11.2. The van der Waals surface area contributed by atoms with Crippen molar-refractivity contribution in [1.29, 1.82) is 0 Å². The fourth-order valence-electron chi connectivity index (χ4n) is 5.08. The third-order valence-corrected chi connectivity index (χ3v) is 7.76. The minimum absolute atomic E-state index is 0.0260. The first-order chi connectivity index (χ1) is 20.7. The third kappa shape index (κ3) is 6.86. The molecule has 1 atom stereocenters. The van der Waals surface area contributed by atoms with Crippen molar-refractivity contribution in [3.8, 4) is 5.75 Å². The van der Waals surface area contributed by atoms with E-state index in [0.29, 0.717) is 16.8 Å². The highest BCUT2D eigenvalue weighted by molar-refractivity contribution is 9.10. The summed E-state index contributed by atoms with van der Waals surface area (Å²) in [5.74, 6) is -0.872. The first-order valence-electron chi connectivity index (χ1n) is 12.9. The molecular weight excluding hydrogens is 676 g/mol. The monoisotopic (exact) mass is 695 g/mol. The van der Waals surface area contributed by atoms with E-state index in [0.717, 1.165) is 28.7 Å². The molecule has 0 aliphatic carbocycles. The van der Waals surface area contributed by atoms with Crippen molar-refractivity contribution in [1.82, 2.24) is 5.01 Å². The first-order valence-corrected chi connectivity index (χ1v) is 14.1. The van der Waals surface area contributed by atoms with Crippen molar-refractivity contribution in [2.24, 2.45) is 5.10 Å². The Hall–Kier alpha value is -4.03. The van der Waals surface area contributed by atoms with Crippen molar-refractivity contribution in [2.75, 3.05) is 18.4 Å². The third-order valence-electron chi connectivity index (χ3n) is 6.91. The van der Waals surface area contributed by atoms with Crippen LogP contribution in [-0.4, -0.2) is 36.1 Å². The summed E-state index contributed by atoms with van der Waals surface area (Å²) >= 11 is 9.44. The molecule has 1 heterocycles. The van der Waals surface area contributed by atoms with Crippen LogP contribution >= 0.6 is 27.5 Å². The molecule has 228 valence electrons. The quantitative estimate of drug-likeness (QED) is 0.197. The van der Waals surface area contributed by atoms with E-state index in [1.807, 2.05) is 0 Å². The number of alkyl halides is 6. The molecule has 13 heteroatoms. The topological polar surface area (TPSA) is 53.9 Å². The zero-order valence-electron chi connectivity index (χ0n) is 22.4. The van der Waals surface area contributed by atoms with Gasteiger partial charge in [-0.2, -0.15) is 18.3 Å². The molecule has 0 bridgehead atoms. The molecule has 1 N–H and O–H groups in total. The predicted octanol–water partition coefficient (Wildman–Crippen LogP) is 8.66. The number of carbonyl (C=O) groups excluding carboxylic acids is 1. The SMILES string of the molecule is O=C(CN1CC(c2ccccc2)(c2ccc(OC(F)(F)F)cc2)C(c2ccc(C(F)(F)F)c(Cl)c2)=N1)Nc1ccc(Br)cc1. The molecule has 4 aromatic carbocycles. The number of hydrogen-bond acceptors (Lipinski definition) is 4. The molecule has 1 aliphatic heterocycles. The number of nitrogens with one attached hydrogen (secondary N) is 1. The van der Waals surface area contributed by atoms with E-state index < -0.39 is 40.2 Å². The van der Waals surface area contributed by atoms with Crippen LogP contribution < -0.4 is 10.1 Å². The highest BCUT2D eigenvalue weighted by Crippen LogP contribution is 2.43. The molecule has 0 aromatic heterocycles. The maximum absolute atomic E-state index is 13.5. The van der Waals surface area contributed by atoms with Crippen LogP contribution in [0.25, 0.3) is 0 Å². The Bertz CT molecular complexity index is 1680. The van der Waals surface area contributed by atoms with Crippen LogP contribution in [0, 0.1) is 0 Å². The van der Waals surface area contributed by atoms with Crippen LogP contribution in [0.5, 0.6) is 5.75 Å². The Morgan fingerprint density at radius 1 is 0.909 bits per heavy atom. The van der Waals surface area contributed by atoms with E-state index in [9.17, 15) is 31.1 Å². The lowest BCUT2D eigenvalue weighted by atomic mass is 9.69. The Labute approximate surface area is 261 Å². The summed E-state index contributed by atoms with van der Waals surface area (Å²) in [7, 11) is 0. The van der Waals surface area contributed by atoms with Crippen molar-refractivity contribution in [3.63, 3.8) is 0 Å². The van der Waals surface area contributed by atoms with Gasteiger partial charge in [-0.1, -0.05) is 76.1 Å². The van der Waals surface area contributed by atoms with E-state index in [2.05, 4.69) is 26.0 Å². The molecule has 44 heavy (non-hydrogen) atoms. The number of ether oxygens (including phenoxy) is 1. The standard InChI is InChI=1S/C31H21BrClF6N3O2/c32-22-9-11-23(12-10-22)40-27(43)17-42-18-29(20-4-2-1-3-5-20,21-7-13-24(14-8-21)44-31(37,38)39)28(41-42)19-6-15-25(26(33)16-19)30(34,35)36/h1-16H,17-18H2,(H,40,43). The highest BCUT2D eigenvalue weighted by Gasteiger charge is 2.47. The van der Waals surface area contributed by atoms with E-state index in [1.165, 1.54) is 23.2 Å². The molecule has 0 fully saturated rings. The largest absolute Gasteiger partial charge is 0.573 e. The minimum atomic E-state index is -4.91. The average molecular weight is 697 g/mol. The van der Waals surface area contributed by atoms with Gasteiger partial charge in [0, 0.05) is 15.7 Å². The molecule has 0 spiro atoms. The van der Waals surface area contributed by atoms with Crippen LogP contribution in [0.3, 0.4) is 0 Å². The normalized spacial score (nSPS) is 16.9. The van der Waals surface area contributed by atoms with E-state index >= 15 is 0 Å². The van der Waals surface area contributed by atoms with Crippen molar-refractivity contribution in [3.05, 3.63) is 129 Å². The fraction of sp³-hybridized carbons (Fsp3) is 0.161. The number of anilines is 1. The average Bonchev–Trinajstić information content (AvgIpc) is 3.33. The first kappa shape index (κ1) is 31.4. The lowest BCUT2D eigenvalue weighted by Crippen LogP contribution is -2.41. The zero-order chi connectivity index (χ0) is 31.7. The van der Waals surface area contributed by atoms with Gasteiger partial charge in [0.1, 0.15) is 12.3 Å². The number of halogens is 8. The molecule has 5 rings (SSSR count). The van der Waals surface area contributed by atoms with Crippen LogP contribution in [0.4, 0.5) is 32.0 Å². The second kappa shape index (κ2) is 12.2. The summed E-state index contributed by atoms with van der Waals surface area (Å²) in [4.78, 5) is 13.1. The van der Waals surface area contributed by atoms with Gasteiger partial charge < -0.3 is 10.1 Å². The zero-order valence-corrected chi connectivity index (χ0v) is 24.7. The van der Waals surface area contributed by atoms with E-state index in [1.54, 1.807) is 54.6 Å². The number of amides is 1. The smallest absolute Gasteiger partial charge is 0.406 e. The molecule has 0 radical (unpaired) electrons. The van der Waals surface area contributed by atoms with Crippen LogP contribution in [0.2, 0.25) is 5.02 Å². The Balaban J connectivity index is 1.61. The predicted molar refractivity (Wildman–Crippen MR) is 158 cm³/mol. The van der Waals surface area contributed by atoms with Crippen LogP contribution in [0.1, 0.15) is 22.3 Å². The van der Waals surface area contributed by atoms with E-state index in [-0.39, 0.29) is 24.4 Å². The molecule has 0 saturated carbocycles. The molecule has 1 unspecified atom stereocenters. The summed E-state index contributed by atoms with van der Waals surface area (Å²) < 4.78 is 84.2. The van der Waals surface area contributed by atoms with Crippen molar-refractivity contribution >= 4 is 44.8 Å². The Kier molecular flexibility index (Phi) is 8.68. The summed E-state index contributed by atoms with van der Waals surface area (Å²) in [5.41, 5.74) is -0.159. The van der Waals surface area contributed by atoms with Gasteiger partial charge in [-0.15, -0.1) is 13.2 Å². The van der Waals surface area contributed by atoms with Gasteiger partial charge in [0.15, 0.2) is 0 Å². The molecule has 5 nitrogen and oxygen atoms in total. The lowest BCUT2D eigenvalue weighted by molar-refractivity contribution is -0.274. The number of rotatable bonds is 7. The van der Waals surface area contributed by atoms with Crippen molar-refractivity contribution in [2.45, 2.75) is 18.0 Å². The van der Waals surface area contributed by atoms with Gasteiger partial charge in [-0.3, -0.25) is 9.80 Å². The lowest BCUT2D eigenvalue weighted by Gasteiger charge is -2.33. The number of hydrogen-bond donors (Lipinski definition) is 1. The summed E-state index contributed by atoms with van der Waals surface area (Å²) in [6, 6.07) is 24.1. The fourth-order valence-corrected chi connectivity index (χ4v) is 5.64.